The third kappa shape index (κ3) is 1.22. The lowest BCUT2D eigenvalue weighted by atomic mass is 9.95. The average Bonchev–Trinajstić information content (AvgIpc) is 2.95. The summed E-state index contributed by atoms with van der Waals surface area (Å²) in [6, 6.07) is -0.601. The SMILES string of the molecule is NC(=O)[C@@H]1C(C2CC2)=C[C@@H]2CN1C(=O)N2. The number of hydrogen-bond acceptors (Lipinski definition) is 2. The molecule has 3 rings (SSSR count). The van der Waals surface area contributed by atoms with Gasteiger partial charge in [0.05, 0.1) is 6.04 Å². The van der Waals surface area contributed by atoms with Gasteiger partial charge in [-0.25, -0.2) is 4.79 Å². The highest BCUT2D eigenvalue weighted by Crippen LogP contribution is 2.41. The van der Waals surface area contributed by atoms with Crippen LogP contribution in [0.4, 0.5) is 4.79 Å². The third-order valence-electron chi connectivity index (χ3n) is 3.30. The van der Waals surface area contributed by atoms with Gasteiger partial charge in [0.25, 0.3) is 0 Å². The second-order valence-electron chi connectivity index (χ2n) is 4.45. The van der Waals surface area contributed by atoms with Gasteiger partial charge in [-0.1, -0.05) is 6.08 Å². The van der Waals surface area contributed by atoms with Crippen LogP contribution in [-0.2, 0) is 4.79 Å². The minimum atomic E-state index is -0.503. The number of primary amides is 1. The van der Waals surface area contributed by atoms with Crippen LogP contribution in [0.5, 0.6) is 0 Å². The van der Waals surface area contributed by atoms with Gasteiger partial charge in [0.2, 0.25) is 5.91 Å². The van der Waals surface area contributed by atoms with E-state index in [4.69, 9.17) is 5.73 Å². The van der Waals surface area contributed by atoms with Crippen LogP contribution in [0.1, 0.15) is 12.8 Å². The number of nitrogens with two attached hydrogens (primary N) is 1. The number of urea groups is 1. The summed E-state index contributed by atoms with van der Waals surface area (Å²) in [6.07, 6.45) is 4.25. The fraction of sp³-hybridized carbons (Fsp3) is 0.600. The summed E-state index contributed by atoms with van der Waals surface area (Å²) < 4.78 is 0. The Morgan fingerprint density at radius 2 is 2.27 bits per heavy atom. The quantitative estimate of drug-likeness (QED) is 0.604. The summed E-state index contributed by atoms with van der Waals surface area (Å²) in [5, 5.41) is 2.82. The molecule has 1 saturated heterocycles. The van der Waals surface area contributed by atoms with Gasteiger partial charge < -0.3 is 16.0 Å². The summed E-state index contributed by atoms with van der Waals surface area (Å²) in [5.41, 5.74) is 6.42. The molecule has 0 aromatic rings. The molecule has 0 unspecified atom stereocenters. The van der Waals surface area contributed by atoms with E-state index < -0.39 is 11.9 Å². The molecule has 2 fully saturated rings. The molecule has 5 heteroatoms. The lowest BCUT2D eigenvalue weighted by Crippen LogP contribution is -2.49. The Hall–Kier alpha value is -1.52. The number of carbonyl (C=O) groups is 2. The first-order valence-corrected chi connectivity index (χ1v) is 5.25. The Morgan fingerprint density at radius 3 is 2.87 bits per heavy atom. The van der Waals surface area contributed by atoms with Crippen LogP contribution in [-0.4, -0.2) is 35.5 Å². The van der Waals surface area contributed by atoms with Gasteiger partial charge in [0, 0.05) is 6.54 Å². The predicted octanol–water partition coefficient (Wildman–Crippen LogP) is -0.416. The summed E-state index contributed by atoms with van der Waals surface area (Å²) in [7, 11) is 0. The fourth-order valence-electron chi connectivity index (χ4n) is 2.50. The number of rotatable bonds is 2. The fourth-order valence-corrected chi connectivity index (χ4v) is 2.50. The number of carbonyl (C=O) groups excluding carboxylic acids is 2. The van der Waals surface area contributed by atoms with E-state index in [9.17, 15) is 9.59 Å². The Morgan fingerprint density at radius 1 is 1.53 bits per heavy atom. The van der Waals surface area contributed by atoms with Crippen molar-refractivity contribution >= 4 is 11.9 Å². The summed E-state index contributed by atoms with van der Waals surface area (Å²) in [6.45, 7) is 0.572. The molecule has 2 aliphatic heterocycles. The molecule has 3 aliphatic rings. The van der Waals surface area contributed by atoms with Gasteiger partial charge in [0.15, 0.2) is 0 Å². The number of fused-ring (bicyclic) bond motifs is 2. The minimum Gasteiger partial charge on any atom is -0.368 e. The van der Waals surface area contributed by atoms with Crippen molar-refractivity contribution in [3.8, 4) is 0 Å². The Balaban J connectivity index is 1.99. The van der Waals surface area contributed by atoms with Crippen LogP contribution in [0, 0.1) is 5.92 Å². The molecule has 1 aliphatic carbocycles. The van der Waals surface area contributed by atoms with Crippen molar-refractivity contribution in [2.45, 2.75) is 24.9 Å². The first-order chi connectivity index (χ1) is 7.16. The number of hydrogen-bond donors (Lipinski definition) is 2. The maximum absolute atomic E-state index is 11.5. The molecular formula is C10H13N3O2. The third-order valence-corrected chi connectivity index (χ3v) is 3.30. The summed E-state index contributed by atoms with van der Waals surface area (Å²) in [4.78, 5) is 24.5. The van der Waals surface area contributed by atoms with Crippen molar-refractivity contribution in [3.05, 3.63) is 11.6 Å². The molecule has 2 heterocycles. The Bertz CT molecular complexity index is 373. The molecule has 5 nitrogen and oxygen atoms in total. The molecule has 2 atom stereocenters. The van der Waals surface area contributed by atoms with E-state index >= 15 is 0 Å². The highest BCUT2D eigenvalue weighted by atomic mass is 16.2. The minimum absolute atomic E-state index is 0.0729. The maximum atomic E-state index is 11.5. The Kier molecular flexibility index (Phi) is 1.60. The van der Waals surface area contributed by atoms with Crippen molar-refractivity contribution in [2.24, 2.45) is 11.7 Å². The molecule has 0 radical (unpaired) electrons. The van der Waals surface area contributed by atoms with E-state index in [2.05, 4.69) is 5.32 Å². The van der Waals surface area contributed by atoms with Crippen molar-refractivity contribution in [3.63, 3.8) is 0 Å². The zero-order valence-electron chi connectivity index (χ0n) is 8.27. The van der Waals surface area contributed by atoms with Gasteiger partial charge in [-0.15, -0.1) is 0 Å². The number of nitrogens with one attached hydrogen (secondary N) is 1. The molecule has 3 amide bonds. The van der Waals surface area contributed by atoms with E-state index in [0.29, 0.717) is 12.5 Å². The van der Waals surface area contributed by atoms with Gasteiger partial charge in [-0.05, 0) is 24.3 Å². The van der Waals surface area contributed by atoms with Crippen molar-refractivity contribution in [1.29, 1.82) is 0 Å². The molecule has 3 N–H and O–H groups in total. The first kappa shape index (κ1) is 8.76. The summed E-state index contributed by atoms with van der Waals surface area (Å²) >= 11 is 0. The monoisotopic (exact) mass is 207 g/mol. The molecule has 80 valence electrons. The van der Waals surface area contributed by atoms with E-state index in [1.807, 2.05) is 6.08 Å². The molecule has 1 saturated carbocycles. The molecule has 2 bridgehead atoms. The molecule has 15 heavy (non-hydrogen) atoms. The average molecular weight is 207 g/mol. The lowest BCUT2D eigenvalue weighted by Gasteiger charge is -2.29. The smallest absolute Gasteiger partial charge is 0.318 e. The standard InChI is InChI=1S/C10H13N3O2/c11-9(14)8-7(5-1-2-5)3-6-4-13(8)10(15)12-6/h3,5-6,8H,1-2,4H2,(H2,11,14)(H,12,15)/t6-,8+/m1/s1. The van der Waals surface area contributed by atoms with E-state index in [0.717, 1.165) is 18.4 Å². The van der Waals surface area contributed by atoms with Crippen LogP contribution in [0.2, 0.25) is 0 Å². The largest absolute Gasteiger partial charge is 0.368 e. The topological polar surface area (TPSA) is 75.4 Å². The highest BCUT2D eigenvalue weighted by molar-refractivity contribution is 5.91. The highest BCUT2D eigenvalue weighted by Gasteiger charge is 2.46. The summed E-state index contributed by atoms with van der Waals surface area (Å²) in [5.74, 6) is 0.0594. The second kappa shape index (κ2) is 2.74. The second-order valence-corrected chi connectivity index (χ2v) is 4.45. The van der Waals surface area contributed by atoms with Crippen LogP contribution in [0.15, 0.2) is 11.6 Å². The van der Waals surface area contributed by atoms with Gasteiger partial charge >= 0.3 is 6.03 Å². The van der Waals surface area contributed by atoms with Gasteiger partial charge in [0.1, 0.15) is 6.04 Å². The van der Waals surface area contributed by atoms with Crippen LogP contribution >= 0.6 is 0 Å². The van der Waals surface area contributed by atoms with E-state index in [1.54, 1.807) is 4.90 Å². The zero-order chi connectivity index (χ0) is 10.6. The van der Waals surface area contributed by atoms with Crippen LogP contribution < -0.4 is 11.1 Å². The normalized spacial score (nSPS) is 33.7. The Labute approximate surface area is 87.3 Å². The number of amides is 3. The lowest BCUT2D eigenvalue weighted by molar-refractivity contribution is -0.121. The molecular weight excluding hydrogens is 194 g/mol. The van der Waals surface area contributed by atoms with Crippen LogP contribution in [0.25, 0.3) is 0 Å². The molecule has 0 spiro atoms. The van der Waals surface area contributed by atoms with E-state index in [-0.39, 0.29) is 12.1 Å². The maximum Gasteiger partial charge on any atom is 0.318 e. The van der Waals surface area contributed by atoms with Crippen molar-refractivity contribution in [2.75, 3.05) is 6.54 Å². The van der Waals surface area contributed by atoms with Crippen LogP contribution in [0.3, 0.4) is 0 Å². The van der Waals surface area contributed by atoms with Gasteiger partial charge in [-0.2, -0.15) is 0 Å². The molecule has 0 aromatic carbocycles. The number of nitrogens with zero attached hydrogens (tertiary/aromatic N) is 1. The van der Waals surface area contributed by atoms with Crippen molar-refractivity contribution in [1.82, 2.24) is 10.2 Å². The van der Waals surface area contributed by atoms with Gasteiger partial charge in [-0.3, -0.25) is 4.79 Å². The first-order valence-electron chi connectivity index (χ1n) is 5.25. The van der Waals surface area contributed by atoms with Crippen molar-refractivity contribution < 1.29 is 9.59 Å². The zero-order valence-corrected chi connectivity index (χ0v) is 8.27. The van der Waals surface area contributed by atoms with E-state index in [1.165, 1.54) is 0 Å². The predicted molar refractivity (Wildman–Crippen MR) is 52.8 cm³/mol. The molecule has 0 aromatic heterocycles.